The van der Waals surface area contributed by atoms with Gasteiger partial charge in [0.1, 0.15) is 7.85 Å². The van der Waals surface area contributed by atoms with E-state index in [1.807, 2.05) is 72.8 Å². The molecule has 0 saturated carbocycles. The molecule has 2 nitrogen and oxygen atoms in total. The van der Waals surface area contributed by atoms with Crippen LogP contribution in [0.25, 0.3) is 50.2 Å². The Hall–Kier alpha value is -4.50. The first-order valence-electron chi connectivity index (χ1n) is 11.5. The summed E-state index contributed by atoms with van der Waals surface area (Å²) >= 11 is 0. The number of para-hydroxylation sites is 1. The first-order chi connectivity index (χ1) is 17.2. The third kappa shape index (κ3) is 4.62. The average molecular weight is 446 g/mol. The lowest BCUT2D eigenvalue weighted by molar-refractivity contribution is 1.23. The minimum absolute atomic E-state index is 0.642. The minimum Gasteiger partial charge on any atom is -0.228 e. The summed E-state index contributed by atoms with van der Waals surface area (Å²) in [6.45, 7) is 7.89. The summed E-state index contributed by atoms with van der Waals surface area (Å²) in [5.41, 5.74) is 8.59. The second kappa shape index (κ2) is 9.78. The number of aromatic nitrogens is 2. The number of hydrogen-bond acceptors (Lipinski definition) is 2. The van der Waals surface area contributed by atoms with Gasteiger partial charge in [-0.2, -0.15) is 0 Å². The fourth-order valence-electron chi connectivity index (χ4n) is 4.24. The van der Waals surface area contributed by atoms with Crippen LogP contribution in [0.4, 0.5) is 0 Å². The minimum atomic E-state index is 0.642. The van der Waals surface area contributed by atoms with Crippen LogP contribution in [0.2, 0.25) is 0 Å². The SMILES string of the molecule is [B]c1cccc(-c2nc(-c3cc(/C(C=C)=C/C=C)cc(-c4ccccc4)c3)c3ccccc3n2)c1. The monoisotopic (exact) mass is 446 g/mol. The van der Waals surface area contributed by atoms with Crippen molar-refractivity contribution in [2.45, 2.75) is 0 Å². The molecule has 5 rings (SSSR count). The zero-order valence-corrected chi connectivity index (χ0v) is 19.4. The van der Waals surface area contributed by atoms with Gasteiger partial charge in [0.15, 0.2) is 5.82 Å². The molecule has 0 unspecified atom stereocenters. The van der Waals surface area contributed by atoms with E-state index in [2.05, 4.69) is 49.6 Å². The summed E-state index contributed by atoms with van der Waals surface area (Å²) in [6, 6.07) is 32.7. The average Bonchev–Trinajstić information content (AvgIpc) is 2.91. The van der Waals surface area contributed by atoms with Gasteiger partial charge in [-0.3, -0.25) is 0 Å². The molecule has 2 radical (unpaired) electrons. The maximum absolute atomic E-state index is 6.06. The zero-order chi connectivity index (χ0) is 24.2. The second-order valence-electron chi connectivity index (χ2n) is 8.27. The molecule has 1 heterocycles. The van der Waals surface area contributed by atoms with Crippen molar-refractivity contribution in [3.63, 3.8) is 0 Å². The van der Waals surface area contributed by atoms with E-state index in [-0.39, 0.29) is 0 Å². The molecule has 0 bridgehead atoms. The number of rotatable bonds is 6. The van der Waals surface area contributed by atoms with Crippen molar-refractivity contribution in [3.8, 4) is 33.8 Å². The lowest BCUT2D eigenvalue weighted by atomic mass is 9.93. The number of nitrogens with zero attached hydrogens (tertiary/aromatic N) is 2. The first-order valence-corrected chi connectivity index (χ1v) is 11.5. The summed E-state index contributed by atoms with van der Waals surface area (Å²) in [7, 11) is 6.06. The smallest absolute Gasteiger partial charge is 0.160 e. The van der Waals surface area contributed by atoms with E-state index in [0.29, 0.717) is 11.3 Å². The number of benzene rings is 4. The Bertz CT molecular complexity index is 1580. The van der Waals surface area contributed by atoms with E-state index in [1.54, 1.807) is 6.08 Å². The molecule has 0 aliphatic rings. The van der Waals surface area contributed by atoms with E-state index in [4.69, 9.17) is 17.8 Å². The topological polar surface area (TPSA) is 25.8 Å². The van der Waals surface area contributed by atoms with E-state index in [1.165, 1.54) is 0 Å². The van der Waals surface area contributed by atoms with Crippen LogP contribution in [0.15, 0.2) is 128 Å². The summed E-state index contributed by atoms with van der Waals surface area (Å²) in [5, 5.41) is 0.990. The maximum atomic E-state index is 6.06. The molecule has 35 heavy (non-hydrogen) atoms. The maximum Gasteiger partial charge on any atom is 0.160 e. The fraction of sp³-hybridized carbons (Fsp3) is 0. The van der Waals surface area contributed by atoms with Crippen LogP contribution >= 0.6 is 0 Å². The van der Waals surface area contributed by atoms with Crippen molar-refractivity contribution < 1.29 is 0 Å². The van der Waals surface area contributed by atoms with Crippen molar-refractivity contribution in [1.29, 1.82) is 0 Å². The van der Waals surface area contributed by atoms with E-state index in [9.17, 15) is 0 Å². The van der Waals surface area contributed by atoms with Crippen LogP contribution in [0.3, 0.4) is 0 Å². The van der Waals surface area contributed by atoms with Gasteiger partial charge in [-0.05, 0) is 46.5 Å². The largest absolute Gasteiger partial charge is 0.228 e. The Morgan fingerprint density at radius 2 is 1.43 bits per heavy atom. The van der Waals surface area contributed by atoms with Gasteiger partial charge in [0.25, 0.3) is 0 Å². The standard InChI is InChI=1S/C32H23BN2/c1-3-11-22(4-2)25-18-26(23-12-6-5-7-13-23)20-27(19-25)31-29-16-8-9-17-30(29)34-32(35-31)24-14-10-15-28(33)21-24/h3-21H,1-2H2/b22-11+. The highest BCUT2D eigenvalue weighted by Crippen LogP contribution is 2.34. The predicted molar refractivity (Wildman–Crippen MR) is 150 cm³/mol. The summed E-state index contributed by atoms with van der Waals surface area (Å²) in [4.78, 5) is 9.91. The Balaban J connectivity index is 1.81. The molecule has 0 aliphatic carbocycles. The Morgan fingerprint density at radius 3 is 2.20 bits per heavy atom. The molecule has 0 spiro atoms. The molecule has 164 valence electrons. The van der Waals surface area contributed by atoms with Crippen molar-refractivity contribution in [2.75, 3.05) is 0 Å². The highest BCUT2D eigenvalue weighted by atomic mass is 14.9. The van der Waals surface area contributed by atoms with Crippen LogP contribution < -0.4 is 5.46 Å². The van der Waals surface area contributed by atoms with E-state index < -0.39 is 0 Å². The number of allylic oxidation sites excluding steroid dienone is 4. The highest BCUT2D eigenvalue weighted by Gasteiger charge is 2.14. The molecule has 0 N–H and O–H groups in total. The molecule has 0 saturated heterocycles. The van der Waals surface area contributed by atoms with Crippen molar-refractivity contribution in [2.24, 2.45) is 0 Å². The molecule has 4 aromatic carbocycles. The fourth-order valence-corrected chi connectivity index (χ4v) is 4.24. The molecular formula is C32H23BN2. The Morgan fingerprint density at radius 1 is 0.686 bits per heavy atom. The van der Waals surface area contributed by atoms with E-state index >= 15 is 0 Å². The predicted octanol–water partition coefficient (Wildman–Crippen LogP) is 7.18. The molecular weight excluding hydrogens is 423 g/mol. The van der Waals surface area contributed by atoms with Gasteiger partial charge in [-0.25, -0.2) is 9.97 Å². The normalized spacial score (nSPS) is 11.4. The lowest BCUT2D eigenvalue weighted by Gasteiger charge is -2.14. The van der Waals surface area contributed by atoms with Crippen molar-refractivity contribution in [1.82, 2.24) is 9.97 Å². The van der Waals surface area contributed by atoms with Crippen LogP contribution in [-0.2, 0) is 0 Å². The highest BCUT2D eigenvalue weighted by molar-refractivity contribution is 6.32. The third-order valence-electron chi connectivity index (χ3n) is 5.91. The molecule has 0 atom stereocenters. The second-order valence-corrected chi connectivity index (χ2v) is 8.27. The van der Waals surface area contributed by atoms with Crippen molar-refractivity contribution in [3.05, 3.63) is 134 Å². The number of fused-ring (bicyclic) bond motifs is 1. The van der Waals surface area contributed by atoms with Gasteiger partial charge in [0.2, 0.25) is 0 Å². The molecule has 0 amide bonds. The molecule has 0 aliphatic heterocycles. The molecule has 5 aromatic rings. The first kappa shape index (κ1) is 22.3. The van der Waals surface area contributed by atoms with E-state index in [0.717, 1.165) is 50.0 Å². The lowest BCUT2D eigenvalue weighted by Crippen LogP contribution is -2.02. The summed E-state index contributed by atoms with van der Waals surface area (Å²) in [6.07, 6.45) is 5.60. The van der Waals surface area contributed by atoms with Crippen LogP contribution in [0, 0.1) is 0 Å². The number of hydrogen-bond donors (Lipinski definition) is 0. The van der Waals surface area contributed by atoms with Crippen molar-refractivity contribution >= 4 is 29.8 Å². The zero-order valence-electron chi connectivity index (χ0n) is 19.4. The molecule has 3 heteroatoms. The Kier molecular flexibility index (Phi) is 6.23. The Labute approximate surface area is 207 Å². The summed E-state index contributed by atoms with van der Waals surface area (Å²) in [5.74, 6) is 0.642. The van der Waals surface area contributed by atoms with Gasteiger partial charge in [-0.1, -0.05) is 110 Å². The molecule has 1 aromatic heterocycles. The van der Waals surface area contributed by atoms with Gasteiger partial charge in [0.05, 0.1) is 11.2 Å². The van der Waals surface area contributed by atoms with Gasteiger partial charge in [-0.15, -0.1) is 0 Å². The van der Waals surface area contributed by atoms with Gasteiger partial charge in [0, 0.05) is 16.5 Å². The third-order valence-corrected chi connectivity index (χ3v) is 5.91. The van der Waals surface area contributed by atoms with Crippen LogP contribution in [0.1, 0.15) is 5.56 Å². The van der Waals surface area contributed by atoms with Crippen LogP contribution in [-0.4, -0.2) is 17.8 Å². The summed E-state index contributed by atoms with van der Waals surface area (Å²) < 4.78 is 0. The van der Waals surface area contributed by atoms with Gasteiger partial charge >= 0.3 is 0 Å². The quantitative estimate of drug-likeness (QED) is 0.204. The molecule has 0 fully saturated rings. The van der Waals surface area contributed by atoms with Crippen LogP contribution in [0.5, 0.6) is 0 Å². The van der Waals surface area contributed by atoms with Gasteiger partial charge < -0.3 is 0 Å².